The van der Waals surface area contributed by atoms with Crippen LogP contribution in [0.4, 0.5) is 0 Å². The van der Waals surface area contributed by atoms with Crippen LogP contribution in [0.15, 0.2) is 63.9 Å². The summed E-state index contributed by atoms with van der Waals surface area (Å²) in [7, 11) is 0. The van der Waals surface area contributed by atoms with Gasteiger partial charge in [-0.25, -0.2) is 4.79 Å². The minimum atomic E-state index is -0.272. The number of fused-ring (bicyclic) bond motifs is 2. The van der Waals surface area contributed by atoms with Gasteiger partial charge < -0.3 is 14.7 Å². The number of aromatic amines is 1. The van der Waals surface area contributed by atoms with Gasteiger partial charge in [-0.05, 0) is 29.7 Å². The Morgan fingerprint density at radius 1 is 1.04 bits per heavy atom. The Hall–Kier alpha value is -2.85. The molecule has 0 aliphatic carbocycles. The van der Waals surface area contributed by atoms with Crippen LogP contribution in [0.1, 0.15) is 23.6 Å². The molecule has 0 aliphatic rings. The van der Waals surface area contributed by atoms with Gasteiger partial charge in [-0.15, -0.1) is 0 Å². The van der Waals surface area contributed by atoms with Gasteiger partial charge in [0, 0.05) is 40.5 Å². The lowest BCUT2D eigenvalue weighted by atomic mass is 10.1. The zero-order valence-electron chi connectivity index (χ0n) is 14.9. The molecule has 2 aromatic carbocycles. The lowest BCUT2D eigenvalue weighted by Gasteiger charge is -2.06. The highest BCUT2D eigenvalue weighted by molar-refractivity contribution is 5.83. The molecule has 2 heterocycles. The summed E-state index contributed by atoms with van der Waals surface area (Å²) in [6.45, 7) is 3.84. The van der Waals surface area contributed by atoms with Crippen LogP contribution in [0.5, 0.6) is 0 Å². The van der Waals surface area contributed by atoms with Gasteiger partial charge >= 0.3 is 5.63 Å². The Labute approximate surface area is 151 Å². The lowest BCUT2D eigenvalue weighted by molar-refractivity contribution is -0.669. The van der Waals surface area contributed by atoms with Crippen molar-refractivity contribution in [1.82, 2.24) is 4.98 Å². The predicted molar refractivity (Wildman–Crippen MR) is 104 cm³/mol. The van der Waals surface area contributed by atoms with E-state index in [0.29, 0.717) is 5.58 Å². The first-order valence-corrected chi connectivity index (χ1v) is 9.17. The number of aromatic nitrogens is 1. The van der Waals surface area contributed by atoms with Crippen molar-refractivity contribution in [2.45, 2.75) is 26.3 Å². The number of hydrogen-bond acceptors (Lipinski definition) is 2. The van der Waals surface area contributed by atoms with Gasteiger partial charge in [0.05, 0.1) is 6.54 Å². The van der Waals surface area contributed by atoms with Crippen LogP contribution in [0, 0.1) is 0 Å². The third kappa shape index (κ3) is 3.28. The molecule has 0 fully saturated rings. The van der Waals surface area contributed by atoms with E-state index < -0.39 is 0 Å². The zero-order chi connectivity index (χ0) is 17.9. The summed E-state index contributed by atoms with van der Waals surface area (Å²) in [4.78, 5) is 15.2. The number of benzene rings is 2. The van der Waals surface area contributed by atoms with Crippen molar-refractivity contribution in [3.8, 4) is 0 Å². The quantitative estimate of drug-likeness (QED) is 0.416. The van der Waals surface area contributed by atoms with Gasteiger partial charge in [0.25, 0.3) is 0 Å². The average Bonchev–Trinajstić information content (AvgIpc) is 3.07. The van der Waals surface area contributed by atoms with Crippen molar-refractivity contribution >= 4 is 21.9 Å². The maximum atomic E-state index is 11.9. The molecular weight excluding hydrogens is 324 g/mol. The molecule has 3 N–H and O–H groups in total. The number of nitrogens with one attached hydrogen (secondary N) is 1. The second-order valence-corrected chi connectivity index (χ2v) is 6.67. The van der Waals surface area contributed by atoms with Crippen LogP contribution < -0.4 is 10.9 Å². The number of hydrogen-bond donors (Lipinski definition) is 2. The molecule has 0 saturated heterocycles. The largest absolute Gasteiger partial charge is 0.423 e. The number of para-hydroxylation sites is 1. The number of nitrogens with two attached hydrogens (primary N) is 1. The molecule has 0 amide bonds. The topological polar surface area (TPSA) is 62.6 Å². The summed E-state index contributed by atoms with van der Waals surface area (Å²) in [5, 5.41) is 4.58. The molecule has 26 heavy (non-hydrogen) atoms. The monoisotopic (exact) mass is 347 g/mol. The maximum Gasteiger partial charge on any atom is 0.336 e. The third-order valence-electron chi connectivity index (χ3n) is 4.96. The molecule has 0 unspecified atom stereocenters. The summed E-state index contributed by atoms with van der Waals surface area (Å²) in [6, 6.07) is 16.2. The molecule has 0 aliphatic heterocycles. The third-order valence-corrected chi connectivity index (χ3v) is 4.96. The Morgan fingerprint density at radius 2 is 1.92 bits per heavy atom. The molecule has 0 saturated carbocycles. The van der Waals surface area contributed by atoms with Crippen molar-refractivity contribution in [3.63, 3.8) is 0 Å². The first-order valence-electron chi connectivity index (χ1n) is 9.17. The van der Waals surface area contributed by atoms with Crippen molar-refractivity contribution in [1.29, 1.82) is 0 Å². The van der Waals surface area contributed by atoms with E-state index >= 15 is 0 Å². The van der Waals surface area contributed by atoms with E-state index in [9.17, 15) is 4.79 Å². The van der Waals surface area contributed by atoms with Gasteiger partial charge in [-0.3, -0.25) is 0 Å². The smallest absolute Gasteiger partial charge is 0.336 e. The van der Waals surface area contributed by atoms with Crippen LogP contribution in [-0.4, -0.2) is 11.5 Å². The normalized spacial score (nSPS) is 11.4. The van der Waals surface area contributed by atoms with E-state index in [1.807, 2.05) is 12.1 Å². The van der Waals surface area contributed by atoms with E-state index in [4.69, 9.17) is 4.42 Å². The molecule has 0 bridgehead atoms. The van der Waals surface area contributed by atoms with Gasteiger partial charge in [0.1, 0.15) is 12.1 Å². The fraction of sp³-hybridized carbons (Fsp3) is 0.227. The summed E-state index contributed by atoms with van der Waals surface area (Å²) in [6.07, 6.45) is 4.02. The maximum absolute atomic E-state index is 11.9. The van der Waals surface area contributed by atoms with Crippen molar-refractivity contribution in [2.75, 3.05) is 6.54 Å². The second kappa shape index (κ2) is 7.18. The highest BCUT2D eigenvalue weighted by Gasteiger charge is 2.09. The lowest BCUT2D eigenvalue weighted by Crippen LogP contribution is -2.83. The fourth-order valence-corrected chi connectivity index (χ4v) is 3.52. The first-order chi connectivity index (χ1) is 12.7. The van der Waals surface area contributed by atoms with E-state index in [0.717, 1.165) is 36.9 Å². The number of H-pyrrole nitrogens is 1. The average molecular weight is 347 g/mol. The first kappa shape index (κ1) is 16.6. The van der Waals surface area contributed by atoms with Crippen LogP contribution in [0.3, 0.4) is 0 Å². The Morgan fingerprint density at radius 3 is 2.81 bits per heavy atom. The van der Waals surface area contributed by atoms with Crippen LogP contribution in [0.25, 0.3) is 21.9 Å². The summed E-state index contributed by atoms with van der Waals surface area (Å²) in [5.74, 6) is 0. The Kier molecular flexibility index (Phi) is 4.59. The highest BCUT2D eigenvalue weighted by Crippen LogP contribution is 2.19. The van der Waals surface area contributed by atoms with Crippen LogP contribution in [-0.2, 0) is 19.4 Å². The van der Waals surface area contributed by atoms with E-state index in [2.05, 4.69) is 53.8 Å². The van der Waals surface area contributed by atoms with Crippen molar-refractivity contribution in [3.05, 3.63) is 81.8 Å². The number of aryl methyl sites for hydroxylation is 1. The fourth-order valence-electron chi connectivity index (χ4n) is 3.52. The molecule has 2 aromatic heterocycles. The molecule has 0 radical (unpaired) electrons. The molecule has 0 atom stereocenters. The Bertz CT molecular complexity index is 1110. The summed E-state index contributed by atoms with van der Waals surface area (Å²) >= 11 is 0. The highest BCUT2D eigenvalue weighted by atomic mass is 16.4. The molecule has 4 aromatic rings. The van der Waals surface area contributed by atoms with E-state index in [1.165, 1.54) is 22.0 Å². The molecule has 0 spiro atoms. The molecule has 4 rings (SSSR count). The minimum Gasteiger partial charge on any atom is -0.423 e. The molecular formula is C22H23N2O2+. The number of rotatable bonds is 6. The van der Waals surface area contributed by atoms with Crippen LogP contribution in [0.2, 0.25) is 0 Å². The second-order valence-electron chi connectivity index (χ2n) is 6.67. The molecule has 4 heteroatoms. The van der Waals surface area contributed by atoms with Crippen molar-refractivity contribution in [2.24, 2.45) is 0 Å². The Balaban J connectivity index is 1.47. The number of quaternary nitrogens is 1. The molecule has 132 valence electrons. The van der Waals surface area contributed by atoms with E-state index in [1.54, 1.807) is 6.07 Å². The van der Waals surface area contributed by atoms with Gasteiger partial charge in [0.15, 0.2) is 0 Å². The van der Waals surface area contributed by atoms with Gasteiger partial charge in [0.2, 0.25) is 0 Å². The van der Waals surface area contributed by atoms with E-state index in [-0.39, 0.29) is 5.63 Å². The molecule has 4 nitrogen and oxygen atoms in total. The standard InChI is InChI=1S/C22H22N2O2/c1-2-15-7-8-19-17(12-22(25)26-21(19)11-15)13-23-10-9-16-14-24-20-6-4-3-5-18(16)20/h3-8,11-12,14,23-24H,2,9-10,13H2,1H3/p+1. The summed E-state index contributed by atoms with van der Waals surface area (Å²) in [5.41, 5.74) is 5.16. The zero-order valence-corrected chi connectivity index (χ0v) is 14.9. The van der Waals surface area contributed by atoms with Crippen molar-refractivity contribution < 1.29 is 9.73 Å². The predicted octanol–water partition coefficient (Wildman–Crippen LogP) is 3.14. The van der Waals surface area contributed by atoms with Gasteiger partial charge in [-0.2, -0.15) is 0 Å². The summed E-state index contributed by atoms with van der Waals surface area (Å²) < 4.78 is 5.38. The minimum absolute atomic E-state index is 0.272. The SMILES string of the molecule is CCc1ccc2c(C[NH2+]CCc3c[nH]c4ccccc34)cc(=O)oc2c1. The van der Waals surface area contributed by atoms with Crippen LogP contribution >= 0.6 is 0 Å². The van der Waals surface area contributed by atoms with Gasteiger partial charge in [-0.1, -0.05) is 37.3 Å².